The highest BCUT2D eigenvalue weighted by Crippen LogP contribution is 2.36. The molecule has 0 fully saturated rings. The average molecular weight is 226 g/mol. The first kappa shape index (κ1) is 10.6. The summed E-state index contributed by atoms with van der Waals surface area (Å²) in [5, 5.41) is 0. The first-order chi connectivity index (χ1) is 8.33. The average Bonchev–Trinajstić information content (AvgIpc) is 2.82. The first-order valence-electron chi connectivity index (χ1n) is 6.37. The van der Waals surface area contributed by atoms with Gasteiger partial charge in [-0.3, -0.25) is 0 Å². The minimum Gasteiger partial charge on any atom is -0.348 e. The van der Waals surface area contributed by atoms with Gasteiger partial charge in [0.05, 0.1) is 6.33 Å². The van der Waals surface area contributed by atoms with E-state index in [0.29, 0.717) is 0 Å². The third kappa shape index (κ3) is 2.12. The van der Waals surface area contributed by atoms with Gasteiger partial charge in [0.25, 0.3) is 0 Å². The molecule has 3 rings (SSSR count). The second kappa shape index (κ2) is 4.36. The molecule has 17 heavy (non-hydrogen) atoms. The van der Waals surface area contributed by atoms with Crippen LogP contribution >= 0.6 is 0 Å². The van der Waals surface area contributed by atoms with E-state index in [9.17, 15) is 0 Å². The molecule has 2 aliphatic carbocycles. The quantitative estimate of drug-likeness (QED) is 0.822. The van der Waals surface area contributed by atoms with Gasteiger partial charge in [0.1, 0.15) is 0 Å². The Morgan fingerprint density at radius 1 is 1.41 bits per heavy atom. The molecule has 0 saturated heterocycles. The zero-order valence-electron chi connectivity index (χ0n) is 10.2. The number of hydrogen-bond donors (Lipinski definition) is 1. The van der Waals surface area contributed by atoms with Crippen molar-refractivity contribution in [2.24, 2.45) is 11.8 Å². The molecule has 1 aromatic heterocycles. The maximum atomic E-state index is 4.06. The topological polar surface area (TPSA) is 28.7 Å². The summed E-state index contributed by atoms with van der Waals surface area (Å²) in [6.45, 7) is 2.36. The van der Waals surface area contributed by atoms with Crippen molar-refractivity contribution in [2.45, 2.75) is 26.2 Å². The number of nitrogens with one attached hydrogen (secondary N) is 1. The number of aromatic nitrogens is 2. The van der Waals surface area contributed by atoms with Crippen molar-refractivity contribution >= 4 is 0 Å². The van der Waals surface area contributed by atoms with E-state index in [-0.39, 0.29) is 0 Å². The number of H-pyrrole nitrogens is 1. The number of hydrogen-bond acceptors (Lipinski definition) is 1. The summed E-state index contributed by atoms with van der Waals surface area (Å²) in [4.78, 5) is 7.23. The number of allylic oxidation sites excluding steroid dienone is 6. The largest absolute Gasteiger partial charge is 0.348 e. The third-order valence-corrected chi connectivity index (χ3v) is 3.87. The van der Waals surface area contributed by atoms with Crippen LogP contribution in [0.3, 0.4) is 0 Å². The Morgan fingerprint density at radius 2 is 2.35 bits per heavy atom. The Kier molecular flexibility index (Phi) is 2.71. The van der Waals surface area contributed by atoms with Crippen LogP contribution in [0.25, 0.3) is 0 Å². The van der Waals surface area contributed by atoms with Gasteiger partial charge >= 0.3 is 0 Å². The minimum atomic E-state index is 0.741. The summed E-state index contributed by atoms with van der Waals surface area (Å²) in [5.41, 5.74) is 4.12. The molecular formula is C15H18N2. The Labute approximate surface area is 102 Å². The van der Waals surface area contributed by atoms with E-state index in [2.05, 4.69) is 41.2 Å². The lowest BCUT2D eigenvalue weighted by molar-refractivity contribution is 0.407. The summed E-state index contributed by atoms with van der Waals surface area (Å²) in [6, 6.07) is 0. The van der Waals surface area contributed by atoms with Crippen LogP contribution in [0.5, 0.6) is 0 Å². The number of rotatable bonds is 2. The van der Waals surface area contributed by atoms with Gasteiger partial charge in [0.2, 0.25) is 0 Å². The van der Waals surface area contributed by atoms with Crippen molar-refractivity contribution < 1.29 is 0 Å². The van der Waals surface area contributed by atoms with Gasteiger partial charge in [0.15, 0.2) is 0 Å². The van der Waals surface area contributed by atoms with Gasteiger partial charge in [-0.15, -0.1) is 0 Å². The number of nitrogens with zero attached hydrogens (tertiary/aromatic N) is 1. The fourth-order valence-electron chi connectivity index (χ4n) is 2.83. The standard InChI is InChI=1S/C15H18N2/c1-11-3-2-4-13-7-12(5-6-15(11)13)8-14-9-16-10-17-14/h2,4-5,7,9-11,15H,3,6,8H2,1H3,(H,16,17). The Balaban J connectivity index is 1.79. The number of imidazole rings is 1. The van der Waals surface area contributed by atoms with Gasteiger partial charge in [-0.2, -0.15) is 0 Å². The van der Waals surface area contributed by atoms with E-state index in [0.717, 1.165) is 18.3 Å². The molecule has 0 radical (unpaired) electrons. The summed E-state index contributed by atoms with van der Waals surface area (Å²) in [6.07, 6.45) is 16.4. The maximum Gasteiger partial charge on any atom is 0.0921 e. The fourth-order valence-corrected chi connectivity index (χ4v) is 2.83. The monoisotopic (exact) mass is 226 g/mol. The molecule has 2 heteroatoms. The van der Waals surface area contributed by atoms with Gasteiger partial charge in [0, 0.05) is 18.3 Å². The second-order valence-corrected chi connectivity index (χ2v) is 5.13. The summed E-state index contributed by atoms with van der Waals surface area (Å²) >= 11 is 0. The molecule has 1 N–H and O–H groups in total. The van der Waals surface area contributed by atoms with Crippen LogP contribution in [0.2, 0.25) is 0 Å². The number of fused-ring (bicyclic) bond motifs is 1. The normalized spacial score (nSPS) is 27.4. The summed E-state index contributed by atoms with van der Waals surface area (Å²) < 4.78 is 0. The Morgan fingerprint density at radius 3 is 3.18 bits per heavy atom. The van der Waals surface area contributed by atoms with E-state index in [1.165, 1.54) is 29.7 Å². The van der Waals surface area contributed by atoms with Crippen molar-refractivity contribution in [3.63, 3.8) is 0 Å². The molecule has 2 nitrogen and oxygen atoms in total. The van der Waals surface area contributed by atoms with E-state index in [1.54, 1.807) is 6.33 Å². The zero-order chi connectivity index (χ0) is 11.7. The zero-order valence-corrected chi connectivity index (χ0v) is 10.2. The van der Waals surface area contributed by atoms with Crippen LogP contribution in [0, 0.1) is 11.8 Å². The second-order valence-electron chi connectivity index (χ2n) is 5.13. The Hall–Kier alpha value is -1.57. The van der Waals surface area contributed by atoms with Crippen LogP contribution in [0.4, 0.5) is 0 Å². The highest BCUT2D eigenvalue weighted by Gasteiger charge is 2.24. The molecule has 0 spiro atoms. The van der Waals surface area contributed by atoms with E-state index in [4.69, 9.17) is 0 Å². The van der Waals surface area contributed by atoms with Gasteiger partial charge < -0.3 is 4.98 Å². The van der Waals surface area contributed by atoms with Crippen molar-refractivity contribution in [1.82, 2.24) is 9.97 Å². The van der Waals surface area contributed by atoms with Crippen LogP contribution in [0.1, 0.15) is 25.5 Å². The lowest BCUT2D eigenvalue weighted by Gasteiger charge is -2.30. The van der Waals surface area contributed by atoms with Gasteiger partial charge in [-0.05, 0) is 35.8 Å². The third-order valence-electron chi connectivity index (χ3n) is 3.87. The van der Waals surface area contributed by atoms with Crippen molar-refractivity contribution in [2.75, 3.05) is 0 Å². The molecule has 1 heterocycles. The minimum absolute atomic E-state index is 0.741. The van der Waals surface area contributed by atoms with E-state index in [1.807, 2.05) is 6.20 Å². The molecule has 0 aliphatic heterocycles. The first-order valence-corrected chi connectivity index (χ1v) is 6.37. The fraction of sp³-hybridized carbons (Fsp3) is 0.400. The van der Waals surface area contributed by atoms with Crippen LogP contribution in [-0.2, 0) is 6.42 Å². The lowest BCUT2D eigenvalue weighted by Crippen LogP contribution is -2.18. The molecule has 0 saturated carbocycles. The highest BCUT2D eigenvalue weighted by molar-refractivity contribution is 5.39. The van der Waals surface area contributed by atoms with Crippen molar-refractivity contribution in [3.05, 3.63) is 53.7 Å². The predicted octanol–water partition coefficient (Wildman–Crippen LogP) is 3.42. The molecule has 0 amide bonds. The molecule has 88 valence electrons. The van der Waals surface area contributed by atoms with E-state index >= 15 is 0 Å². The van der Waals surface area contributed by atoms with Crippen LogP contribution < -0.4 is 0 Å². The van der Waals surface area contributed by atoms with Gasteiger partial charge in [-0.1, -0.05) is 31.2 Å². The van der Waals surface area contributed by atoms with E-state index < -0.39 is 0 Å². The molecule has 2 atom stereocenters. The highest BCUT2D eigenvalue weighted by atomic mass is 14.9. The van der Waals surface area contributed by atoms with Gasteiger partial charge in [-0.25, -0.2) is 4.98 Å². The maximum absolute atomic E-state index is 4.06. The smallest absolute Gasteiger partial charge is 0.0921 e. The molecule has 0 aromatic carbocycles. The van der Waals surface area contributed by atoms with Crippen LogP contribution in [0.15, 0.2) is 48.0 Å². The molecule has 1 aromatic rings. The molecule has 0 bridgehead atoms. The molecular weight excluding hydrogens is 208 g/mol. The van der Waals surface area contributed by atoms with Crippen LogP contribution in [-0.4, -0.2) is 9.97 Å². The lowest BCUT2D eigenvalue weighted by atomic mass is 9.75. The summed E-state index contributed by atoms with van der Waals surface area (Å²) in [5.74, 6) is 1.53. The van der Waals surface area contributed by atoms with Crippen molar-refractivity contribution in [3.8, 4) is 0 Å². The SMILES string of the molecule is CC1CC=CC2=CC(Cc3cnc[nH]3)=CCC21. The Bertz CT molecular complexity index is 477. The molecule has 2 aliphatic rings. The molecule has 2 unspecified atom stereocenters. The van der Waals surface area contributed by atoms with Crippen molar-refractivity contribution in [1.29, 1.82) is 0 Å². The predicted molar refractivity (Wildman–Crippen MR) is 69.5 cm³/mol. The summed E-state index contributed by atoms with van der Waals surface area (Å²) in [7, 11) is 0. The number of aromatic amines is 1.